The lowest BCUT2D eigenvalue weighted by Crippen LogP contribution is -2.26. The van der Waals surface area contributed by atoms with E-state index in [1.165, 1.54) is 24.5 Å². The number of hydrogen-bond acceptors (Lipinski definition) is 6. The predicted molar refractivity (Wildman–Crippen MR) is 162 cm³/mol. The molecule has 43 heavy (non-hydrogen) atoms. The highest BCUT2D eigenvalue weighted by molar-refractivity contribution is 7.91. The number of aromatic nitrogens is 2. The molecule has 0 bridgehead atoms. The molecule has 0 unspecified atom stereocenters. The van der Waals surface area contributed by atoms with E-state index in [4.69, 9.17) is 0 Å². The van der Waals surface area contributed by atoms with E-state index in [2.05, 4.69) is 22.1 Å². The molecule has 6 nitrogen and oxygen atoms in total. The lowest BCUT2D eigenvalue weighted by Gasteiger charge is -2.31. The first kappa shape index (κ1) is 25.8. The first-order chi connectivity index (χ1) is 20.8. The molecular weight excluding hydrogens is 577 g/mol. The lowest BCUT2D eigenvalue weighted by molar-refractivity contribution is 0.591. The van der Waals surface area contributed by atoms with Crippen LogP contribution in [0.25, 0.3) is 22.3 Å². The fourth-order valence-corrected chi connectivity index (χ4v) is 9.12. The van der Waals surface area contributed by atoms with Gasteiger partial charge in [0, 0.05) is 12.4 Å². The molecule has 8 heteroatoms. The molecule has 2 heterocycles. The molecule has 0 atom stereocenters. The summed E-state index contributed by atoms with van der Waals surface area (Å²) in [7, 11) is -7.86. The van der Waals surface area contributed by atoms with E-state index in [0.29, 0.717) is 0 Å². The van der Waals surface area contributed by atoms with E-state index in [1.54, 1.807) is 48.5 Å². The molecule has 2 aromatic heterocycles. The van der Waals surface area contributed by atoms with Gasteiger partial charge in [0.2, 0.25) is 19.7 Å². The van der Waals surface area contributed by atoms with Gasteiger partial charge in [-0.1, -0.05) is 72.8 Å². The molecule has 6 aromatic rings. The Balaban J connectivity index is 1.46. The van der Waals surface area contributed by atoms with Crippen LogP contribution in [-0.2, 0) is 25.1 Å². The van der Waals surface area contributed by atoms with Crippen LogP contribution in [0.5, 0.6) is 0 Å². The van der Waals surface area contributed by atoms with Gasteiger partial charge in [-0.15, -0.1) is 0 Å². The van der Waals surface area contributed by atoms with Crippen LogP contribution in [0.1, 0.15) is 22.3 Å². The summed E-state index contributed by atoms with van der Waals surface area (Å²) in [5.41, 5.74) is 6.30. The zero-order chi connectivity index (χ0) is 29.4. The topological polar surface area (TPSA) is 94.1 Å². The van der Waals surface area contributed by atoms with Gasteiger partial charge in [-0.05, 0) is 93.0 Å². The minimum absolute atomic E-state index is 0.0320. The highest BCUT2D eigenvalue weighted by atomic mass is 32.2. The molecule has 8 rings (SSSR count). The highest BCUT2D eigenvalue weighted by Gasteiger charge is 2.52. The lowest BCUT2D eigenvalue weighted by atomic mass is 9.70. The van der Waals surface area contributed by atoms with Gasteiger partial charge in [0.05, 0.1) is 15.2 Å². The molecule has 2 aliphatic carbocycles. The Labute approximate surface area is 249 Å². The number of fused-ring (bicyclic) bond motifs is 10. The molecule has 4 aromatic carbocycles. The van der Waals surface area contributed by atoms with Crippen LogP contribution in [-0.4, -0.2) is 26.8 Å². The molecule has 0 saturated carbocycles. The second kappa shape index (κ2) is 9.04. The number of pyridine rings is 2. The summed E-state index contributed by atoms with van der Waals surface area (Å²) in [4.78, 5) is 8.51. The van der Waals surface area contributed by atoms with Gasteiger partial charge in [0.25, 0.3) is 0 Å². The molecule has 0 fully saturated rings. The Morgan fingerprint density at radius 3 is 1.23 bits per heavy atom. The zero-order valence-corrected chi connectivity index (χ0v) is 24.2. The minimum atomic E-state index is -3.93. The van der Waals surface area contributed by atoms with E-state index in [9.17, 15) is 16.8 Å². The largest absolute Gasteiger partial charge is 0.244 e. The fraction of sp³-hybridized carbons (Fsp3) is 0.0286. The van der Waals surface area contributed by atoms with Crippen molar-refractivity contribution in [2.75, 3.05) is 0 Å². The Kier molecular flexibility index (Phi) is 5.42. The van der Waals surface area contributed by atoms with Crippen LogP contribution in [0.4, 0.5) is 0 Å². The fourth-order valence-electron chi connectivity index (χ4n) is 6.69. The Morgan fingerprint density at radius 2 is 0.814 bits per heavy atom. The first-order valence-electron chi connectivity index (χ1n) is 13.7. The molecule has 208 valence electrons. The minimum Gasteiger partial charge on any atom is -0.244 e. The third kappa shape index (κ3) is 3.45. The Hall–Kier alpha value is -4.92. The summed E-state index contributed by atoms with van der Waals surface area (Å²) in [5, 5.41) is -0.0639. The standard InChI is InChI=1S/C35H22N2O4S2/c38-42(39,33-13-5-7-19-36-33)23-15-17-27-28-18-16-24(43(40,41)34-14-6-8-20-37-34)22-32(28)35(31(27)21-23)29-11-3-1-9-25(29)26-10-2-4-12-30(26)35/h1-22H. The van der Waals surface area contributed by atoms with E-state index >= 15 is 0 Å². The second-order valence-electron chi connectivity index (χ2n) is 10.6. The van der Waals surface area contributed by atoms with Crippen molar-refractivity contribution in [3.63, 3.8) is 0 Å². The Morgan fingerprint density at radius 1 is 0.419 bits per heavy atom. The van der Waals surface area contributed by atoms with Crippen LogP contribution in [0.2, 0.25) is 0 Å². The monoisotopic (exact) mass is 598 g/mol. The molecule has 0 saturated heterocycles. The smallest absolute Gasteiger partial charge is 0.223 e. The van der Waals surface area contributed by atoms with Crippen molar-refractivity contribution in [2.24, 2.45) is 0 Å². The van der Waals surface area contributed by atoms with Crippen molar-refractivity contribution < 1.29 is 16.8 Å². The van der Waals surface area contributed by atoms with E-state index in [-0.39, 0.29) is 19.8 Å². The summed E-state index contributed by atoms with van der Waals surface area (Å²) >= 11 is 0. The average Bonchev–Trinajstić information content (AvgIpc) is 3.52. The summed E-state index contributed by atoms with van der Waals surface area (Å²) in [6.07, 6.45) is 2.93. The van der Waals surface area contributed by atoms with Crippen LogP contribution < -0.4 is 0 Å². The summed E-state index contributed by atoms with van der Waals surface area (Å²) in [5.74, 6) is 0. The predicted octanol–water partition coefficient (Wildman–Crippen LogP) is 6.49. The average molecular weight is 599 g/mol. The zero-order valence-electron chi connectivity index (χ0n) is 22.5. The summed E-state index contributed by atoms with van der Waals surface area (Å²) in [6, 6.07) is 36.1. The molecule has 0 aliphatic heterocycles. The van der Waals surface area contributed by atoms with Gasteiger partial charge in [-0.25, -0.2) is 26.8 Å². The second-order valence-corrected chi connectivity index (χ2v) is 14.4. The third-order valence-corrected chi connectivity index (χ3v) is 11.8. The number of nitrogens with zero attached hydrogens (tertiary/aromatic N) is 2. The van der Waals surface area contributed by atoms with Gasteiger partial charge in [-0.3, -0.25) is 0 Å². The molecule has 0 N–H and O–H groups in total. The van der Waals surface area contributed by atoms with Gasteiger partial charge in [-0.2, -0.15) is 0 Å². The van der Waals surface area contributed by atoms with E-state index < -0.39 is 25.1 Å². The van der Waals surface area contributed by atoms with Gasteiger partial charge in [0.1, 0.15) is 0 Å². The van der Waals surface area contributed by atoms with Crippen molar-refractivity contribution in [3.05, 3.63) is 156 Å². The molecule has 0 amide bonds. The third-order valence-electron chi connectivity index (χ3n) is 8.48. The van der Waals surface area contributed by atoms with Gasteiger partial charge in [0.15, 0.2) is 10.1 Å². The van der Waals surface area contributed by atoms with Crippen LogP contribution in [0, 0.1) is 0 Å². The first-order valence-corrected chi connectivity index (χ1v) is 16.6. The summed E-state index contributed by atoms with van der Waals surface area (Å²) in [6.45, 7) is 0. The van der Waals surface area contributed by atoms with Crippen molar-refractivity contribution >= 4 is 19.7 Å². The van der Waals surface area contributed by atoms with Gasteiger partial charge >= 0.3 is 0 Å². The number of sulfone groups is 2. The van der Waals surface area contributed by atoms with Crippen LogP contribution in [0.3, 0.4) is 0 Å². The van der Waals surface area contributed by atoms with E-state index in [0.717, 1.165) is 44.5 Å². The SMILES string of the molecule is O=S(=O)(c1ccc2c(c1)C1(c3ccccc3-c3ccccc31)c1cc(S(=O)(=O)c3ccccn3)ccc1-2)c1ccccn1. The summed E-state index contributed by atoms with van der Waals surface area (Å²) < 4.78 is 55.2. The van der Waals surface area contributed by atoms with E-state index in [1.807, 2.05) is 48.5 Å². The van der Waals surface area contributed by atoms with Gasteiger partial charge < -0.3 is 0 Å². The maximum atomic E-state index is 13.8. The number of rotatable bonds is 4. The van der Waals surface area contributed by atoms with Crippen LogP contribution in [0.15, 0.2) is 154 Å². The molecule has 0 radical (unpaired) electrons. The normalized spacial score (nSPS) is 14.1. The quantitative estimate of drug-likeness (QED) is 0.230. The highest BCUT2D eigenvalue weighted by Crippen LogP contribution is 2.63. The number of hydrogen-bond donors (Lipinski definition) is 0. The molecule has 2 aliphatic rings. The maximum Gasteiger partial charge on any atom is 0.223 e. The van der Waals surface area contributed by atoms with Crippen molar-refractivity contribution in [1.29, 1.82) is 0 Å². The Bertz CT molecular complexity index is 2150. The van der Waals surface area contributed by atoms with Crippen molar-refractivity contribution in [1.82, 2.24) is 9.97 Å². The maximum absolute atomic E-state index is 13.8. The van der Waals surface area contributed by atoms with Crippen molar-refractivity contribution in [3.8, 4) is 22.3 Å². The molecule has 1 spiro atoms. The van der Waals surface area contributed by atoms with Crippen molar-refractivity contribution in [2.45, 2.75) is 25.3 Å². The number of benzene rings is 4. The van der Waals surface area contributed by atoms with Crippen LogP contribution >= 0.6 is 0 Å². The molecular formula is C35H22N2O4S2.